The largest absolute Gasteiger partial charge is 0.349 e. The molecule has 0 bridgehead atoms. The first-order valence-electron chi connectivity index (χ1n) is 10.2. The Labute approximate surface area is 163 Å². The van der Waals surface area contributed by atoms with Crippen molar-refractivity contribution in [3.8, 4) is 0 Å². The molecule has 0 unspecified atom stereocenters. The summed E-state index contributed by atoms with van der Waals surface area (Å²) in [6.45, 7) is 7.50. The van der Waals surface area contributed by atoms with Crippen molar-refractivity contribution < 1.29 is 13.2 Å². The van der Waals surface area contributed by atoms with Crippen LogP contribution < -0.4 is 5.32 Å². The summed E-state index contributed by atoms with van der Waals surface area (Å²) in [7, 11) is -3.50. The molecule has 1 aromatic carbocycles. The van der Waals surface area contributed by atoms with Crippen LogP contribution in [-0.2, 0) is 10.0 Å². The number of carbonyl (C=O) groups is 1. The third kappa shape index (κ3) is 4.72. The lowest BCUT2D eigenvalue weighted by Gasteiger charge is -2.34. The van der Waals surface area contributed by atoms with E-state index < -0.39 is 10.0 Å². The molecular weight excluding hydrogens is 360 g/mol. The average molecular weight is 393 g/mol. The quantitative estimate of drug-likeness (QED) is 0.850. The molecule has 1 aliphatic carbocycles. The van der Waals surface area contributed by atoms with Crippen LogP contribution in [0.5, 0.6) is 0 Å². The molecule has 1 saturated heterocycles. The first kappa shape index (κ1) is 20.3. The molecule has 0 aromatic heterocycles. The molecule has 1 aromatic rings. The summed E-state index contributed by atoms with van der Waals surface area (Å²) in [5, 5.41) is 3.12. The van der Waals surface area contributed by atoms with E-state index in [0.717, 1.165) is 25.7 Å². The Morgan fingerprint density at radius 2 is 1.59 bits per heavy atom. The molecule has 3 rings (SSSR count). The van der Waals surface area contributed by atoms with Crippen LogP contribution in [0.1, 0.15) is 63.2 Å². The Hall–Kier alpha value is -1.40. The summed E-state index contributed by atoms with van der Waals surface area (Å²) in [6.07, 6.45) is 5.61. The number of hydrogen-bond donors (Lipinski definition) is 1. The minimum absolute atomic E-state index is 0.113. The Balaban J connectivity index is 1.69. The van der Waals surface area contributed by atoms with Gasteiger partial charge in [0, 0.05) is 24.7 Å². The summed E-state index contributed by atoms with van der Waals surface area (Å²) in [5.74, 6) is 1.11. The first-order valence-corrected chi connectivity index (χ1v) is 11.6. The van der Waals surface area contributed by atoms with E-state index in [2.05, 4.69) is 26.1 Å². The van der Waals surface area contributed by atoms with Gasteiger partial charge in [-0.1, -0.05) is 33.6 Å². The monoisotopic (exact) mass is 392 g/mol. The van der Waals surface area contributed by atoms with Gasteiger partial charge < -0.3 is 5.32 Å². The summed E-state index contributed by atoms with van der Waals surface area (Å²) in [6, 6.07) is 6.61. The fraction of sp³-hybridized carbons (Fsp3) is 0.667. The molecule has 150 valence electrons. The highest BCUT2D eigenvalue weighted by Crippen LogP contribution is 2.27. The van der Waals surface area contributed by atoms with Gasteiger partial charge in [-0.2, -0.15) is 4.31 Å². The summed E-state index contributed by atoms with van der Waals surface area (Å²) >= 11 is 0. The number of nitrogens with zero attached hydrogens (tertiary/aromatic N) is 1. The molecule has 1 amide bonds. The molecule has 0 radical (unpaired) electrons. The van der Waals surface area contributed by atoms with Crippen LogP contribution in [0.3, 0.4) is 0 Å². The van der Waals surface area contributed by atoms with Crippen LogP contribution in [0.25, 0.3) is 0 Å². The molecule has 5 nitrogen and oxygen atoms in total. The van der Waals surface area contributed by atoms with Crippen LogP contribution in [-0.4, -0.2) is 37.8 Å². The van der Waals surface area contributed by atoms with Crippen LogP contribution >= 0.6 is 0 Å². The van der Waals surface area contributed by atoms with E-state index in [1.54, 1.807) is 28.6 Å². The predicted octanol–water partition coefficient (Wildman–Crippen LogP) is 3.66. The van der Waals surface area contributed by atoms with E-state index in [1.165, 1.54) is 6.42 Å². The van der Waals surface area contributed by atoms with Crippen molar-refractivity contribution in [3.63, 3.8) is 0 Å². The van der Waals surface area contributed by atoms with Crippen LogP contribution in [0.4, 0.5) is 0 Å². The second kappa shape index (κ2) is 8.31. The molecule has 1 saturated carbocycles. The Kier molecular flexibility index (Phi) is 6.26. The maximum atomic E-state index is 12.9. The Morgan fingerprint density at radius 1 is 1.00 bits per heavy atom. The molecule has 2 fully saturated rings. The molecule has 27 heavy (non-hydrogen) atoms. The van der Waals surface area contributed by atoms with Crippen molar-refractivity contribution in [2.24, 2.45) is 17.8 Å². The topological polar surface area (TPSA) is 66.5 Å². The van der Waals surface area contributed by atoms with Crippen molar-refractivity contribution in [2.75, 3.05) is 13.1 Å². The summed E-state index contributed by atoms with van der Waals surface area (Å²) in [5.41, 5.74) is 0.520. The standard InChI is InChI=1S/C21H32N2O3S/c1-15-12-16(2)14-23(13-15)27(25,26)19-10-8-18(9-11-19)21(24)22-20-7-5-4-6-17(20)3/h8-11,15-17,20H,4-7,12-14H2,1-3H3,(H,22,24)/t15-,16+,17-,20+/m1/s1. The van der Waals surface area contributed by atoms with Gasteiger partial charge in [0.05, 0.1) is 4.90 Å². The fourth-order valence-corrected chi connectivity index (χ4v) is 6.19. The summed E-state index contributed by atoms with van der Waals surface area (Å²) in [4.78, 5) is 12.8. The number of sulfonamides is 1. The zero-order valence-electron chi connectivity index (χ0n) is 16.6. The molecule has 1 N–H and O–H groups in total. The fourth-order valence-electron chi connectivity index (χ4n) is 4.51. The summed E-state index contributed by atoms with van der Waals surface area (Å²) < 4.78 is 27.5. The lowest BCUT2D eigenvalue weighted by molar-refractivity contribution is 0.0910. The second-order valence-corrected chi connectivity index (χ2v) is 10.6. The van der Waals surface area contributed by atoms with Crippen molar-refractivity contribution >= 4 is 15.9 Å². The Bertz CT molecular complexity index is 750. The van der Waals surface area contributed by atoms with E-state index >= 15 is 0 Å². The molecule has 1 aliphatic heterocycles. The van der Waals surface area contributed by atoms with Gasteiger partial charge in [0.2, 0.25) is 10.0 Å². The number of rotatable bonds is 4. The zero-order valence-corrected chi connectivity index (χ0v) is 17.5. The van der Waals surface area contributed by atoms with Crippen LogP contribution in [0.15, 0.2) is 29.2 Å². The number of nitrogens with one attached hydrogen (secondary N) is 1. The molecule has 4 atom stereocenters. The SMILES string of the molecule is C[C@@H]1C[C@H](C)CN(S(=O)(=O)c2ccc(C(=O)N[C@H]3CCCC[C@H]3C)cc2)C1. The van der Waals surface area contributed by atoms with E-state index in [1.807, 2.05) is 0 Å². The molecule has 1 heterocycles. The Morgan fingerprint density at radius 3 is 2.19 bits per heavy atom. The van der Waals surface area contributed by atoms with Crippen LogP contribution in [0, 0.1) is 17.8 Å². The number of hydrogen-bond acceptors (Lipinski definition) is 3. The van der Waals surface area contributed by atoms with Crippen LogP contribution in [0.2, 0.25) is 0 Å². The third-order valence-electron chi connectivity index (χ3n) is 6.02. The van der Waals surface area contributed by atoms with Crippen molar-refractivity contribution in [1.82, 2.24) is 9.62 Å². The lowest BCUT2D eigenvalue weighted by atomic mass is 9.86. The number of piperidine rings is 1. The number of benzene rings is 1. The van der Waals surface area contributed by atoms with Crippen molar-refractivity contribution in [2.45, 2.75) is 63.8 Å². The van der Waals surface area contributed by atoms with Gasteiger partial charge >= 0.3 is 0 Å². The number of amides is 1. The highest BCUT2D eigenvalue weighted by atomic mass is 32.2. The average Bonchev–Trinajstić information content (AvgIpc) is 2.63. The van der Waals surface area contributed by atoms with E-state index in [-0.39, 0.29) is 16.8 Å². The van der Waals surface area contributed by atoms with Gasteiger partial charge in [0.15, 0.2) is 0 Å². The van der Waals surface area contributed by atoms with E-state index in [4.69, 9.17) is 0 Å². The van der Waals surface area contributed by atoms with Crippen molar-refractivity contribution in [1.29, 1.82) is 0 Å². The van der Waals surface area contributed by atoms with Gasteiger partial charge in [0.1, 0.15) is 0 Å². The van der Waals surface area contributed by atoms with E-state index in [9.17, 15) is 13.2 Å². The smallest absolute Gasteiger partial charge is 0.251 e. The van der Waals surface area contributed by atoms with E-state index in [0.29, 0.717) is 36.4 Å². The van der Waals surface area contributed by atoms with Gasteiger partial charge in [0.25, 0.3) is 5.91 Å². The molecule has 2 aliphatic rings. The minimum atomic E-state index is -3.50. The van der Waals surface area contributed by atoms with Gasteiger partial charge in [-0.3, -0.25) is 4.79 Å². The lowest BCUT2D eigenvalue weighted by Crippen LogP contribution is -2.42. The molecule has 6 heteroatoms. The normalized spacial score (nSPS) is 30.0. The second-order valence-electron chi connectivity index (χ2n) is 8.63. The highest BCUT2D eigenvalue weighted by Gasteiger charge is 2.31. The predicted molar refractivity (Wildman–Crippen MR) is 107 cm³/mol. The highest BCUT2D eigenvalue weighted by molar-refractivity contribution is 7.89. The van der Waals surface area contributed by atoms with Gasteiger partial charge in [-0.25, -0.2) is 8.42 Å². The molecular formula is C21H32N2O3S. The first-order chi connectivity index (χ1) is 12.8. The number of carbonyl (C=O) groups excluding carboxylic acids is 1. The van der Waals surface area contributed by atoms with Crippen molar-refractivity contribution in [3.05, 3.63) is 29.8 Å². The maximum absolute atomic E-state index is 12.9. The zero-order chi connectivity index (χ0) is 19.6. The van der Waals surface area contributed by atoms with Gasteiger partial charge in [-0.05, 0) is 61.3 Å². The minimum Gasteiger partial charge on any atom is -0.349 e. The molecule has 0 spiro atoms. The maximum Gasteiger partial charge on any atom is 0.251 e. The van der Waals surface area contributed by atoms with Gasteiger partial charge in [-0.15, -0.1) is 0 Å². The third-order valence-corrected chi connectivity index (χ3v) is 7.86.